The number of ether oxygens (including phenoxy) is 4. The smallest absolute Gasteiger partial charge is 0.220 e. The maximum Gasteiger partial charge on any atom is 0.220 e. The molecule has 2 aliphatic rings. The minimum Gasteiger partial charge on any atom is -0.394 e. The van der Waals surface area contributed by atoms with Gasteiger partial charge in [0.2, 0.25) is 5.91 Å². The van der Waals surface area contributed by atoms with Gasteiger partial charge in [0.25, 0.3) is 0 Å². The lowest BCUT2D eigenvalue weighted by atomic mass is 9.97. The summed E-state index contributed by atoms with van der Waals surface area (Å²) < 4.78 is 22.9. The molecule has 86 heavy (non-hydrogen) atoms. The highest BCUT2D eigenvalue weighted by atomic mass is 16.7. The second-order valence-electron chi connectivity index (χ2n) is 26.4. The summed E-state index contributed by atoms with van der Waals surface area (Å²) in [5.41, 5.74) is 0. The van der Waals surface area contributed by atoms with E-state index in [4.69, 9.17) is 18.9 Å². The Labute approximate surface area is 526 Å². The maximum atomic E-state index is 13.3. The molecule has 0 aromatic rings. The van der Waals surface area contributed by atoms with Crippen LogP contribution in [0.15, 0.2) is 12.2 Å². The van der Waals surface area contributed by atoms with E-state index in [1.165, 1.54) is 283 Å². The number of nitrogens with one attached hydrogen (secondary N) is 1. The zero-order valence-corrected chi connectivity index (χ0v) is 55.6. The molecule has 14 heteroatoms. The summed E-state index contributed by atoms with van der Waals surface area (Å²) >= 11 is 0. The average molecular weight is 1230 g/mol. The third kappa shape index (κ3) is 41.3. The van der Waals surface area contributed by atoms with Gasteiger partial charge in [0.15, 0.2) is 12.6 Å². The topological polar surface area (TPSA) is 228 Å². The molecule has 510 valence electrons. The number of carbonyl (C=O) groups is 1. The van der Waals surface area contributed by atoms with Gasteiger partial charge in [-0.15, -0.1) is 0 Å². The molecule has 12 atom stereocenters. The van der Waals surface area contributed by atoms with Crippen LogP contribution in [0, 0.1) is 0 Å². The van der Waals surface area contributed by atoms with Crippen LogP contribution < -0.4 is 5.32 Å². The summed E-state index contributed by atoms with van der Waals surface area (Å²) in [4.78, 5) is 13.3. The van der Waals surface area contributed by atoms with Gasteiger partial charge in [-0.2, -0.15) is 0 Å². The molecule has 2 heterocycles. The molecular weight excluding hydrogens is 1090 g/mol. The molecule has 0 radical (unpaired) electrons. The van der Waals surface area contributed by atoms with Gasteiger partial charge in [0, 0.05) is 6.42 Å². The Morgan fingerprint density at radius 1 is 0.407 bits per heavy atom. The fraction of sp³-hybridized carbons (Fsp3) is 0.958. The molecule has 0 aliphatic carbocycles. The van der Waals surface area contributed by atoms with Gasteiger partial charge in [0.05, 0.1) is 32.0 Å². The first-order valence-electron chi connectivity index (χ1n) is 36.9. The predicted molar refractivity (Wildman–Crippen MR) is 351 cm³/mol. The van der Waals surface area contributed by atoms with Gasteiger partial charge < -0.3 is 65.1 Å². The molecule has 4 unspecified atom stereocenters. The molecule has 1 amide bonds. The molecule has 2 rings (SSSR count). The molecule has 0 bridgehead atoms. The van der Waals surface area contributed by atoms with Crippen molar-refractivity contribution in [3.05, 3.63) is 12.2 Å². The molecule has 2 aliphatic heterocycles. The van der Waals surface area contributed by atoms with E-state index in [1.807, 2.05) is 6.08 Å². The quantitative estimate of drug-likeness (QED) is 0.0204. The first-order chi connectivity index (χ1) is 42.1. The monoisotopic (exact) mass is 1230 g/mol. The van der Waals surface area contributed by atoms with Crippen LogP contribution in [0.2, 0.25) is 0 Å². The summed E-state index contributed by atoms with van der Waals surface area (Å²) in [5, 5.41) is 87.4. The van der Waals surface area contributed by atoms with Crippen LogP contribution in [0.3, 0.4) is 0 Å². The molecule has 0 aromatic carbocycles. The van der Waals surface area contributed by atoms with Gasteiger partial charge >= 0.3 is 0 Å². The summed E-state index contributed by atoms with van der Waals surface area (Å²) in [5.74, 6) is -0.231. The standard InChI is InChI=1S/C72H139NO13/c1-3-5-7-9-11-13-15-17-19-21-22-23-24-25-26-27-28-29-30-31-32-33-34-35-36-37-38-40-42-44-46-48-50-52-54-56-64(77)73-60(61(76)55-53-51-49-47-45-43-41-39-20-18-16-14-12-10-8-6-4-2)59-83-71-69(82)67(80)70(63(58-75)85-71)86-72-68(81)66(79)65(78)62(57-74)84-72/h53,55,60-63,65-72,74-76,78-82H,3-52,54,56-59H2,1-2H3,(H,73,77)/b55-53+/t60-,61+,62+,63+,65-,66?,67?,68?,69?,70+,71+,72-/m0/s1. The van der Waals surface area contributed by atoms with Crippen molar-refractivity contribution in [3.63, 3.8) is 0 Å². The minimum atomic E-state index is -1.79. The van der Waals surface area contributed by atoms with Crippen LogP contribution in [0.25, 0.3) is 0 Å². The fourth-order valence-electron chi connectivity index (χ4n) is 12.6. The van der Waals surface area contributed by atoms with E-state index >= 15 is 0 Å². The van der Waals surface area contributed by atoms with Crippen molar-refractivity contribution in [2.75, 3.05) is 19.8 Å². The van der Waals surface area contributed by atoms with Crippen molar-refractivity contribution in [1.29, 1.82) is 0 Å². The highest BCUT2D eigenvalue weighted by Gasteiger charge is 2.51. The number of carbonyl (C=O) groups excluding carboxylic acids is 1. The molecule has 0 spiro atoms. The van der Waals surface area contributed by atoms with Crippen LogP contribution in [0.4, 0.5) is 0 Å². The lowest BCUT2D eigenvalue weighted by Crippen LogP contribution is -2.65. The molecule has 0 saturated carbocycles. The Morgan fingerprint density at radius 3 is 1.07 bits per heavy atom. The number of hydrogen-bond donors (Lipinski definition) is 9. The van der Waals surface area contributed by atoms with Gasteiger partial charge in [-0.3, -0.25) is 4.79 Å². The summed E-state index contributed by atoms with van der Waals surface area (Å²) in [6.45, 7) is 2.86. The van der Waals surface area contributed by atoms with Crippen molar-refractivity contribution in [1.82, 2.24) is 5.32 Å². The summed E-state index contributed by atoms with van der Waals surface area (Å²) in [6.07, 6.45) is 54.4. The highest BCUT2D eigenvalue weighted by molar-refractivity contribution is 5.76. The first-order valence-corrected chi connectivity index (χ1v) is 36.9. The van der Waals surface area contributed by atoms with Crippen molar-refractivity contribution >= 4 is 5.91 Å². The highest BCUT2D eigenvalue weighted by Crippen LogP contribution is 2.30. The lowest BCUT2D eigenvalue weighted by Gasteiger charge is -2.46. The Kier molecular flexibility index (Phi) is 54.1. The van der Waals surface area contributed by atoms with Crippen molar-refractivity contribution in [2.24, 2.45) is 0 Å². The Balaban J connectivity index is 1.59. The van der Waals surface area contributed by atoms with E-state index in [-0.39, 0.29) is 18.9 Å². The van der Waals surface area contributed by atoms with Crippen LogP contribution in [0.1, 0.15) is 348 Å². The molecule has 2 saturated heterocycles. The second kappa shape index (κ2) is 57.6. The van der Waals surface area contributed by atoms with Crippen LogP contribution in [-0.4, -0.2) is 140 Å². The van der Waals surface area contributed by atoms with Gasteiger partial charge in [-0.1, -0.05) is 334 Å². The zero-order valence-electron chi connectivity index (χ0n) is 55.6. The first kappa shape index (κ1) is 80.8. The van der Waals surface area contributed by atoms with Crippen LogP contribution >= 0.6 is 0 Å². The van der Waals surface area contributed by atoms with Gasteiger partial charge in [-0.05, 0) is 19.3 Å². The predicted octanol–water partition coefficient (Wildman–Crippen LogP) is 15.4. The molecule has 14 nitrogen and oxygen atoms in total. The zero-order chi connectivity index (χ0) is 62.3. The molecule has 0 aromatic heterocycles. The number of allylic oxidation sites excluding steroid dienone is 1. The van der Waals surface area contributed by atoms with E-state index in [9.17, 15) is 45.6 Å². The van der Waals surface area contributed by atoms with Crippen LogP contribution in [0.5, 0.6) is 0 Å². The number of amides is 1. The van der Waals surface area contributed by atoms with Crippen molar-refractivity contribution in [2.45, 2.75) is 421 Å². The minimum absolute atomic E-state index is 0.231. The normalized spacial score (nSPS) is 23.4. The van der Waals surface area contributed by atoms with E-state index in [0.717, 1.165) is 44.9 Å². The fourth-order valence-corrected chi connectivity index (χ4v) is 12.6. The molecular formula is C72H139NO13. The van der Waals surface area contributed by atoms with Gasteiger partial charge in [0.1, 0.15) is 48.8 Å². The van der Waals surface area contributed by atoms with E-state index in [2.05, 4.69) is 19.2 Å². The largest absolute Gasteiger partial charge is 0.394 e. The van der Waals surface area contributed by atoms with E-state index < -0.39 is 86.8 Å². The number of rotatable bonds is 62. The van der Waals surface area contributed by atoms with Crippen molar-refractivity contribution < 1.29 is 64.6 Å². The van der Waals surface area contributed by atoms with E-state index in [0.29, 0.717) is 0 Å². The maximum absolute atomic E-state index is 13.3. The summed E-state index contributed by atoms with van der Waals surface area (Å²) in [6, 6.07) is -0.911. The lowest BCUT2D eigenvalue weighted by molar-refractivity contribution is -0.359. The third-order valence-corrected chi connectivity index (χ3v) is 18.5. The molecule has 9 N–H and O–H groups in total. The molecule has 2 fully saturated rings. The number of aliphatic hydroxyl groups is 8. The Bertz CT molecular complexity index is 1490. The third-order valence-electron chi connectivity index (χ3n) is 18.5. The SMILES string of the molecule is CCCCCCCCCCCCCCCCC/C=C/[C@@H](O)[C@H](CO[C@@H]1O[C@H](CO)[C@@H](O[C@@H]2O[C@H](CO)[C@H](O)C(O)C2O)C(O)C1O)NC(=O)CCCCCCCCCCCCCCCCCCCCCCCCCCCCCCCCCCCCC. The number of hydrogen-bond acceptors (Lipinski definition) is 13. The van der Waals surface area contributed by atoms with Crippen molar-refractivity contribution in [3.8, 4) is 0 Å². The number of aliphatic hydroxyl groups excluding tert-OH is 8. The Hall–Kier alpha value is -1.27. The van der Waals surface area contributed by atoms with E-state index in [1.54, 1.807) is 6.08 Å². The Morgan fingerprint density at radius 2 is 0.721 bits per heavy atom. The summed E-state index contributed by atoms with van der Waals surface area (Å²) in [7, 11) is 0. The van der Waals surface area contributed by atoms with Crippen LogP contribution in [-0.2, 0) is 23.7 Å². The average Bonchev–Trinajstić information content (AvgIpc) is 2.38. The number of unbranched alkanes of at least 4 members (excludes halogenated alkanes) is 49. The van der Waals surface area contributed by atoms with Gasteiger partial charge in [-0.25, -0.2) is 0 Å². The second-order valence-corrected chi connectivity index (χ2v) is 26.4.